The molecule has 0 amide bonds. The first-order valence-corrected chi connectivity index (χ1v) is 14.7. The van der Waals surface area contributed by atoms with Gasteiger partial charge in [-0.3, -0.25) is 14.4 Å². The van der Waals surface area contributed by atoms with E-state index in [0.29, 0.717) is 6.04 Å². The van der Waals surface area contributed by atoms with E-state index in [1.54, 1.807) is 6.92 Å². The van der Waals surface area contributed by atoms with Crippen molar-refractivity contribution in [2.45, 2.75) is 64.4 Å². The largest absolute Gasteiger partial charge is 0.376 e. The fourth-order valence-corrected chi connectivity index (χ4v) is 6.41. The molecule has 0 aliphatic carbocycles. The van der Waals surface area contributed by atoms with Crippen LogP contribution in [0.15, 0.2) is 48.7 Å². The molecule has 210 valence electrons. The zero-order valence-electron chi connectivity index (χ0n) is 23.5. The third kappa shape index (κ3) is 5.14. The van der Waals surface area contributed by atoms with E-state index < -0.39 is 0 Å². The first kappa shape index (κ1) is 25.9. The van der Waals surface area contributed by atoms with Gasteiger partial charge in [0, 0.05) is 50.6 Å². The molecule has 0 N–H and O–H groups in total. The molecule has 0 spiro atoms. The van der Waals surface area contributed by atoms with Crippen LogP contribution >= 0.6 is 0 Å². The Hall–Kier alpha value is -4.00. The highest BCUT2D eigenvalue weighted by Crippen LogP contribution is 2.29. The van der Waals surface area contributed by atoms with Crippen LogP contribution in [0.4, 0.5) is 5.82 Å². The van der Waals surface area contributed by atoms with Crippen molar-refractivity contribution >= 4 is 22.6 Å². The lowest BCUT2D eigenvalue weighted by atomic mass is 9.98. The molecule has 3 aliphatic rings. The number of nitriles is 1. The number of Topliss-reactive ketones (excluding diaryl/α,β-unsaturated/α-hetero) is 1. The lowest BCUT2D eigenvalue weighted by Gasteiger charge is -2.33. The van der Waals surface area contributed by atoms with Gasteiger partial charge in [-0.15, -0.1) is 0 Å². The Morgan fingerprint density at radius 2 is 1.93 bits per heavy atom. The van der Waals surface area contributed by atoms with Crippen molar-refractivity contribution in [2.24, 2.45) is 0 Å². The van der Waals surface area contributed by atoms with E-state index in [2.05, 4.69) is 43.4 Å². The molecule has 1 atom stereocenters. The van der Waals surface area contributed by atoms with E-state index in [1.165, 1.54) is 11.1 Å². The number of benzene rings is 2. The van der Waals surface area contributed by atoms with Crippen LogP contribution in [-0.4, -0.2) is 62.4 Å². The number of likely N-dealkylation sites (tertiary alicyclic amines) is 1. The molecule has 41 heavy (non-hydrogen) atoms. The van der Waals surface area contributed by atoms with Gasteiger partial charge in [-0.25, -0.2) is 4.98 Å². The number of imidazole rings is 1. The average molecular weight is 550 g/mol. The Kier molecular flexibility index (Phi) is 6.81. The number of carbonyl (C=O) groups excluding carboxylic acids is 1. The van der Waals surface area contributed by atoms with Crippen molar-refractivity contribution < 1.29 is 9.53 Å². The molecule has 0 bridgehead atoms. The summed E-state index contributed by atoms with van der Waals surface area (Å²) in [7, 11) is 0. The van der Waals surface area contributed by atoms with E-state index >= 15 is 0 Å². The van der Waals surface area contributed by atoms with E-state index in [4.69, 9.17) is 14.8 Å². The van der Waals surface area contributed by atoms with Crippen molar-refractivity contribution in [1.29, 1.82) is 5.26 Å². The molecule has 2 aromatic heterocycles. The number of hydrogen-bond donors (Lipinski definition) is 0. The summed E-state index contributed by atoms with van der Waals surface area (Å²) in [6.07, 6.45) is 6.45. The molecule has 2 aromatic carbocycles. The number of aromatic nitrogens is 4. The van der Waals surface area contributed by atoms with E-state index in [0.717, 1.165) is 105 Å². The zero-order chi connectivity index (χ0) is 27.9. The highest BCUT2D eigenvalue weighted by atomic mass is 16.5. The molecule has 9 heteroatoms. The highest BCUT2D eigenvalue weighted by molar-refractivity contribution is 5.97. The molecular weight excluding hydrogens is 514 g/mol. The maximum absolute atomic E-state index is 12.0. The van der Waals surface area contributed by atoms with Crippen molar-refractivity contribution in [2.75, 3.05) is 31.1 Å². The van der Waals surface area contributed by atoms with Gasteiger partial charge < -0.3 is 14.2 Å². The Balaban J connectivity index is 1.02. The normalized spacial score (nSPS) is 19.6. The Bertz CT molecular complexity index is 1640. The van der Waals surface area contributed by atoms with Gasteiger partial charge >= 0.3 is 0 Å². The first-order chi connectivity index (χ1) is 20.0. The molecule has 0 radical (unpaired) electrons. The van der Waals surface area contributed by atoms with Crippen LogP contribution in [0.5, 0.6) is 0 Å². The van der Waals surface area contributed by atoms with Crippen molar-refractivity contribution in [3.05, 3.63) is 76.7 Å². The second-order valence-electron chi connectivity index (χ2n) is 11.6. The Labute approximate surface area is 239 Å². The number of fused-ring (bicyclic) bond motifs is 2. The second-order valence-corrected chi connectivity index (χ2v) is 11.6. The summed E-state index contributed by atoms with van der Waals surface area (Å²) >= 11 is 0. The minimum atomic E-state index is 0.0724. The molecule has 0 unspecified atom stereocenters. The molecular formula is C32H35N7O2. The quantitative estimate of drug-likeness (QED) is 0.314. The number of piperidine rings is 1. The van der Waals surface area contributed by atoms with Gasteiger partial charge in [0.25, 0.3) is 0 Å². The number of anilines is 1. The third-order valence-electron chi connectivity index (χ3n) is 8.98. The molecule has 7 rings (SSSR count). The lowest BCUT2D eigenvalue weighted by Crippen LogP contribution is -2.36. The number of carbonyl (C=O) groups is 1. The molecule has 2 fully saturated rings. The molecule has 3 aliphatic heterocycles. The van der Waals surface area contributed by atoms with Crippen LogP contribution in [0, 0.1) is 11.3 Å². The predicted octanol–water partition coefficient (Wildman–Crippen LogP) is 4.50. The summed E-state index contributed by atoms with van der Waals surface area (Å²) in [6, 6.07) is 16.6. The number of ether oxygens (including phenoxy) is 1. The molecule has 4 aromatic rings. The molecule has 2 saturated heterocycles. The number of nitrogens with zero attached hydrogens (tertiary/aromatic N) is 7. The maximum atomic E-state index is 12.0. The van der Waals surface area contributed by atoms with E-state index in [1.807, 2.05) is 30.3 Å². The Morgan fingerprint density at radius 3 is 2.68 bits per heavy atom. The summed E-state index contributed by atoms with van der Waals surface area (Å²) in [4.78, 5) is 21.8. The Morgan fingerprint density at radius 1 is 1.07 bits per heavy atom. The van der Waals surface area contributed by atoms with Crippen LogP contribution < -0.4 is 4.90 Å². The molecule has 5 heterocycles. The minimum absolute atomic E-state index is 0.0724. The summed E-state index contributed by atoms with van der Waals surface area (Å²) in [6.45, 7) is 7.69. The number of rotatable bonds is 7. The van der Waals surface area contributed by atoms with Gasteiger partial charge in [0.1, 0.15) is 5.82 Å². The summed E-state index contributed by atoms with van der Waals surface area (Å²) in [5, 5.41) is 14.3. The van der Waals surface area contributed by atoms with Crippen LogP contribution in [0.2, 0.25) is 0 Å². The van der Waals surface area contributed by atoms with E-state index in [-0.39, 0.29) is 11.9 Å². The number of ketones is 1. The van der Waals surface area contributed by atoms with Gasteiger partial charge in [0.2, 0.25) is 0 Å². The van der Waals surface area contributed by atoms with Crippen LogP contribution in [0.1, 0.15) is 65.1 Å². The smallest absolute Gasteiger partial charge is 0.159 e. The van der Waals surface area contributed by atoms with Crippen molar-refractivity contribution in [3.8, 4) is 6.07 Å². The topological polar surface area (TPSA) is 92.2 Å². The lowest BCUT2D eigenvalue weighted by molar-refractivity contribution is -0.0592. The van der Waals surface area contributed by atoms with Gasteiger partial charge in [-0.2, -0.15) is 10.4 Å². The summed E-state index contributed by atoms with van der Waals surface area (Å²) in [5.41, 5.74) is 5.96. The number of hydrogen-bond acceptors (Lipinski definition) is 7. The van der Waals surface area contributed by atoms with Gasteiger partial charge in [0.05, 0.1) is 47.9 Å². The second kappa shape index (κ2) is 10.8. The standard InChI is InChI=1S/C32H35N7O2/c1-22(40)25-4-5-29-30(17-25)38(20-28-10-15-41-28)32(34-29)21-36-11-7-27(8-12-36)39-14-9-31(35-39)37-13-6-24-3-2-23(18-33)16-26(24)19-37/h2-5,9,14,16-17,27-28H,6-8,10-13,15,19-21H2,1H3/t28-/m0/s1. The maximum Gasteiger partial charge on any atom is 0.159 e. The first-order valence-electron chi connectivity index (χ1n) is 14.7. The molecule has 0 saturated carbocycles. The van der Waals surface area contributed by atoms with Crippen molar-refractivity contribution in [3.63, 3.8) is 0 Å². The predicted molar refractivity (Wildman–Crippen MR) is 156 cm³/mol. The van der Waals surface area contributed by atoms with Crippen LogP contribution in [-0.2, 0) is 30.8 Å². The van der Waals surface area contributed by atoms with Crippen LogP contribution in [0.25, 0.3) is 11.0 Å². The average Bonchev–Trinajstić information content (AvgIpc) is 3.59. The van der Waals surface area contributed by atoms with E-state index in [9.17, 15) is 10.1 Å². The fourth-order valence-electron chi connectivity index (χ4n) is 6.41. The summed E-state index contributed by atoms with van der Waals surface area (Å²) < 4.78 is 10.2. The zero-order valence-corrected chi connectivity index (χ0v) is 23.5. The SMILES string of the molecule is CC(=O)c1ccc2nc(CN3CCC(n4ccc(N5CCc6ccc(C#N)cc6C5)n4)CC3)n(C[C@@H]3CCO3)c2c1. The van der Waals surface area contributed by atoms with Gasteiger partial charge in [-0.05, 0) is 74.1 Å². The minimum Gasteiger partial charge on any atom is -0.376 e. The van der Waals surface area contributed by atoms with Crippen LogP contribution in [0.3, 0.4) is 0 Å². The van der Waals surface area contributed by atoms with Crippen molar-refractivity contribution in [1.82, 2.24) is 24.2 Å². The highest BCUT2D eigenvalue weighted by Gasteiger charge is 2.26. The third-order valence-corrected chi connectivity index (χ3v) is 8.98. The fraction of sp³-hybridized carbons (Fsp3) is 0.438. The summed E-state index contributed by atoms with van der Waals surface area (Å²) in [5.74, 6) is 2.13. The van der Waals surface area contributed by atoms with Gasteiger partial charge in [0.15, 0.2) is 11.6 Å². The molecule has 9 nitrogen and oxygen atoms in total. The monoisotopic (exact) mass is 549 g/mol. The van der Waals surface area contributed by atoms with Gasteiger partial charge in [-0.1, -0.05) is 6.07 Å².